The Bertz CT molecular complexity index is 857. The second-order valence-corrected chi connectivity index (χ2v) is 11.4. The second-order valence-electron chi connectivity index (χ2n) is 9.19. The highest BCUT2D eigenvalue weighted by Gasteiger charge is 2.39. The smallest absolute Gasteiger partial charge is 0.237 e. The summed E-state index contributed by atoms with van der Waals surface area (Å²) >= 11 is 0. The first-order valence-corrected chi connectivity index (χ1v) is 13.5. The van der Waals surface area contributed by atoms with Crippen molar-refractivity contribution >= 4 is 21.8 Å². The molecule has 3 aliphatic rings. The SMILES string of the molecule is O=C(CN1CCN(C/C=C/c2ccccc2)CC1)N(C1CCCC1)[C@H]1CCS(=O)(=O)C1. The van der Waals surface area contributed by atoms with Crippen molar-refractivity contribution in [2.75, 3.05) is 50.8 Å². The Morgan fingerprint density at radius 3 is 2.29 bits per heavy atom. The molecule has 0 N–H and O–H groups in total. The van der Waals surface area contributed by atoms with E-state index in [1.807, 2.05) is 23.1 Å². The molecular weight excluding hydrogens is 410 g/mol. The van der Waals surface area contributed by atoms with Crippen LogP contribution in [-0.2, 0) is 14.6 Å². The molecule has 0 aromatic heterocycles. The van der Waals surface area contributed by atoms with Gasteiger partial charge in [0.25, 0.3) is 0 Å². The molecule has 4 rings (SSSR count). The molecule has 0 radical (unpaired) electrons. The Labute approximate surface area is 186 Å². The molecule has 0 bridgehead atoms. The second kappa shape index (κ2) is 10.3. The van der Waals surface area contributed by atoms with Crippen LogP contribution in [0.25, 0.3) is 6.08 Å². The number of amides is 1. The average Bonchev–Trinajstić information content (AvgIpc) is 3.40. The van der Waals surface area contributed by atoms with Crippen LogP contribution in [0.3, 0.4) is 0 Å². The predicted molar refractivity (Wildman–Crippen MR) is 125 cm³/mol. The molecule has 1 amide bonds. The zero-order chi connectivity index (χ0) is 21.7. The first-order valence-electron chi connectivity index (χ1n) is 11.7. The van der Waals surface area contributed by atoms with Crippen molar-refractivity contribution in [1.29, 1.82) is 0 Å². The maximum absolute atomic E-state index is 13.3. The lowest BCUT2D eigenvalue weighted by molar-refractivity contribution is -0.137. The van der Waals surface area contributed by atoms with E-state index < -0.39 is 9.84 Å². The Balaban J connectivity index is 1.27. The fourth-order valence-electron chi connectivity index (χ4n) is 5.19. The topological polar surface area (TPSA) is 60.9 Å². The molecule has 170 valence electrons. The Hall–Kier alpha value is -1.70. The lowest BCUT2D eigenvalue weighted by Crippen LogP contribution is -2.53. The van der Waals surface area contributed by atoms with Crippen LogP contribution in [0.1, 0.15) is 37.7 Å². The quantitative estimate of drug-likeness (QED) is 0.644. The summed E-state index contributed by atoms with van der Waals surface area (Å²) in [6, 6.07) is 10.4. The minimum absolute atomic E-state index is 0.120. The lowest BCUT2D eigenvalue weighted by Gasteiger charge is -2.38. The van der Waals surface area contributed by atoms with Gasteiger partial charge >= 0.3 is 0 Å². The number of sulfone groups is 1. The average molecular weight is 446 g/mol. The molecule has 1 atom stereocenters. The maximum Gasteiger partial charge on any atom is 0.237 e. The molecule has 2 saturated heterocycles. The molecule has 1 aromatic carbocycles. The van der Waals surface area contributed by atoms with E-state index in [4.69, 9.17) is 0 Å². The number of hydrogen-bond acceptors (Lipinski definition) is 5. The largest absolute Gasteiger partial charge is 0.335 e. The van der Waals surface area contributed by atoms with Crippen molar-refractivity contribution in [2.24, 2.45) is 0 Å². The van der Waals surface area contributed by atoms with Gasteiger partial charge in [0, 0.05) is 44.8 Å². The van der Waals surface area contributed by atoms with Gasteiger partial charge < -0.3 is 4.90 Å². The number of rotatable bonds is 7. The van der Waals surface area contributed by atoms with Crippen LogP contribution in [0.2, 0.25) is 0 Å². The Morgan fingerprint density at radius 2 is 1.65 bits per heavy atom. The zero-order valence-corrected chi connectivity index (χ0v) is 19.2. The van der Waals surface area contributed by atoms with Gasteiger partial charge in [0.05, 0.1) is 18.1 Å². The van der Waals surface area contributed by atoms with Crippen molar-refractivity contribution in [3.05, 3.63) is 42.0 Å². The third-order valence-corrected chi connectivity index (χ3v) is 8.66. The third-order valence-electron chi connectivity index (χ3n) is 6.91. The monoisotopic (exact) mass is 445 g/mol. The third kappa shape index (κ3) is 6.18. The number of piperazine rings is 1. The molecule has 1 aliphatic carbocycles. The molecule has 31 heavy (non-hydrogen) atoms. The van der Waals surface area contributed by atoms with E-state index >= 15 is 0 Å². The van der Waals surface area contributed by atoms with Crippen LogP contribution >= 0.6 is 0 Å². The minimum Gasteiger partial charge on any atom is -0.335 e. The standard InChI is InChI=1S/C24H35N3O3S/c28-24(27(22-10-4-5-11-22)23-12-18-31(29,30)20-23)19-26-16-14-25(15-17-26)13-6-9-21-7-2-1-3-8-21/h1-3,6-9,22-23H,4-5,10-20H2/b9-6+/t23-/m0/s1. The van der Waals surface area contributed by atoms with Crippen LogP contribution in [0, 0.1) is 0 Å². The molecule has 1 aromatic rings. The van der Waals surface area contributed by atoms with Gasteiger partial charge in [-0.25, -0.2) is 8.42 Å². The van der Waals surface area contributed by atoms with Crippen molar-refractivity contribution in [1.82, 2.24) is 14.7 Å². The number of hydrogen-bond donors (Lipinski definition) is 0. The van der Waals surface area contributed by atoms with Crippen molar-refractivity contribution < 1.29 is 13.2 Å². The van der Waals surface area contributed by atoms with Gasteiger partial charge in [0.1, 0.15) is 0 Å². The fraction of sp³-hybridized carbons (Fsp3) is 0.625. The normalized spacial score (nSPS) is 25.4. The van der Waals surface area contributed by atoms with Crippen molar-refractivity contribution in [3.8, 4) is 0 Å². The van der Waals surface area contributed by atoms with Crippen LogP contribution in [-0.4, -0.2) is 91.9 Å². The summed E-state index contributed by atoms with van der Waals surface area (Å²) in [5.41, 5.74) is 1.22. The number of nitrogens with zero attached hydrogens (tertiary/aromatic N) is 3. The van der Waals surface area contributed by atoms with Gasteiger partial charge in [-0.05, 0) is 24.8 Å². The minimum atomic E-state index is -2.99. The van der Waals surface area contributed by atoms with E-state index in [2.05, 4.69) is 34.1 Å². The zero-order valence-electron chi connectivity index (χ0n) is 18.4. The van der Waals surface area contributed by atoms with Gasteiger partial charge in [-0.2, -0.15) is 0 Å². The van der Waals surface area contributed by atoms with Crippen molar-refractivity contribution in [3.63, 3.8) is 0 Å². The fourth-order valence-corrected chi connectivity index (χ4v) is 6.90. The first-order chi connectivity index (χ1) is 15.0. The van der Waals surface area contributed by atoms with Gasteiger partial charge in [-0.3, -0.25) is 14.6 Å². The van der Waals surface area contributed by atoms with Gasteiger partial charge in [0.2, 0.25) is 5.91 Å². The highest BCUT2D eigenvalue weighted by atomic mass is 32.2. The molecular formula is C24H35N3O3S. The summed E-state index contributed by atoms with van der Waals surface area (Å²) in [5.74, 6) is 0.506. The Morgan fingerprint density at radius 1 is 0.968 bits per heavy atom. The number of benzene rings is 1. The van der Waals surface area contributed by atoms with E-state index in [1.54, 1.807) is 0 Å². The summed E-state index contributed by atoms with van der Waals surface area (Å²) in [4.78, 5) is 19.9. The summed E-state index contributed by atoms with van der Waals surface area (Å²) < 4.78 is 24.1. The van der Waals surface area contributed by atoms with Gasteiger partial charge in [-0.15, -0.1) is 0 Å². The summed E-state index contributed by atoms with van der Waals surface area (Å²) in [6.45, 7) is 5.01. The lowest BCUT2D eigenvalue weighted by atomic mass is 10.1. The van der Waals surface area contributed by atoms with Crippen LogP contribution in [0.15, 0.2) is 36.4 Å². The van der Waals surface area contributed by atoms with Crippen LogP contribution in [0.4, 0.5) is 0 Å². The Kier molecular flexibility index (Phi) is 7.46. The van der Waals surface area contributed by atoms with Crippen LogP contribution in [0.5, 0.6) is 0 Å². The van der Waals surface area contributed by atoms with Gasteiger partial charge in [0.15, 0.2) is 9.84 Å². The van der Waals surface area contributed by atoms with E-state index in [0.717, 1.165) is 58.4 Å². The molecule has 2 heterocycles. The molecule has 1 saturated carbocycles. The predicted octanol–water partition coefficient (Wildman–Crippen LogP) is 2.28. The van der Waals surface area contributed by atoms with Crippen molar-refractivity contribution in [2.45, 2.75) is 44.2 Å². The highest BCUT2D eigenvalue weighted by molar-refractivity contribution is 7.91. The van der Waals surface area contributed by atoms with E-state index in [9.17, 15) is 13.2 Å². The number of carbonyl (C=O) groups is 1. The molecule has 2 aliphatic heterocycles. The maximum atomic E-state index is 13.3. The molecule has 7 heteroatoms. The molecule has 3 fully saturated rings. The van der Waals surface area contributed by atoms with Crippen LogP contribution < -0.4 is 0 Å². The first kappa shape index (κ1) is 22.5. The summed E-state index contributed by atoms with van der Waals surface area (Å²) in [5, 5.41) is 0. The molecule has 6 nitrogen and oxygen atoms in total. The number of carbonyl (C=O) groups excluding carboxylic acids is 1. The summed E-state index contributed by atoms with van der Waals surface area (Å²) in [7, 11) is -2.99. The molecule has 0 unspecified atom stereocenters. The molecule has 0 spiro atoms. The van der Waals surface area contributed by atoms with E-state index in [-0.39, 0.29) is 29.5 Å². The highest BCUT2D eigenvalue weighted by Crippen LogP contribution is 2.29. The van der Waals surface area contributed by atoms with E-state index in [1.165, 1.54) is 5.56 Å². The summed E-state index contributed by atoms with van der Waals surface area (Å²) in [6.07, 6.45) is 9.29. The van der Waals surface area contributed by atoms with E-state index in [0.29, 0.717) is 13.0 Å². The van der Waals surface area contributed by atoms with Gasteiger partial charge in [-0.1, -0.05) is 55.3 Å².